The molecular weight excluding hydrogens is 234 g/mol. The summed E-state index contributed by atoms with van der Waals surface area (Å²) in [4.78, 5) is 27.0. The Morgan fingerprint density at radius 1 is 1.11 bits per heavy atom. The zero-order chi connectivity index (χ0) is 13.0. The summed E-state index contributed by atoms with van der Waals surface area (Å²) in [6, 6.07) is 0.293. The molecule has 0 spiro atoms. The van der Waals surface area contributed by atoms with Crippen molar-refractivity contribution in [3.8, 4) is 17.3 Å². The number of amides is 1. The van der Waals surface area contributed by atoms with E-state index in [-0.39, 0.29) is 5.91 Å². The number of nitrogens with zero attached hydrogens (tertiary/aromatic N) is 4. The van der Waals surface area contributed by atoms with Crippen LogP contribution in [-0.2, 0) is 4.79 Å². The molecule has 2 heterocycles. The molecule has 0 fully saturated rings. The Morgan fingerprint density at radius 2 is 1.83 bits per heavy atom. The third kappa shape index (κ3) is 2.76. The highest BCUT2D eigenvalue weighted by Gasteiger charge is 2.03. The molecule has 0 unspecified atom stereocenters. The first-order valence-corrected chi connectivity index (χ1v) is 5.15. The fraction of sp³-hybridized carbons (Fsp3) is 0.182. The van der Waals surface area contributed by atoms with Crippen molar-refractivity contribution < 1.29 is 9.53 Å². The van der Waals surface area contributed by atoms with E-state index in [9.17, 15) is 4.79 Å². The lowest BCUT2D eigenvalue weighted by Crippen LogP contribution is -2.07. The monoisotopic (exact) mass is 245 g/mol. The molecule has 1 amide bonds. The van der Waals surface area contributed by atoms with Crippen molar-refractivity contribution in [1.82, 2.24) is 19.9 Å². The molecule has 0 aliphatic rings. The molecule has 2 aromatic heterocycles. The fourth-order valence-corrected chi connectivity index (χ4v) is 1.28. The average molecular weight is 245 g/mol. The molecular formula is C11H11N5O2. The molecule has 0 atom stereocenters. The summed E-state index contributed by atoms with van der Waals surface area (Å²) in [6.07, 6.45) is 6.19. The number of aromatic nitrogens is 4. The van der Waals surface area contributed by atoms with Crippen molar-refractivity contribution in [2.45, 2.75) is 6.92 Å². The van der Waals surface area contributed by atoms with Crippen LogP contribution in [0, 0.1) is 0 Å². The van der Waals surface area contributed by atoms with E-state index in [1.807, 2.05) is 0 Å². The van der Waals surface area contributed by atoms with Gasteiger partial charge < -0.3 is 10.1 Å². The second-order valence-corrected chi connectivity index (χ2v) is 3.43. The van der Waals surface area contributed by atoms with Crippen LogP contribution in [0.2, 0.25) is 0 Å². The molecule has 2 rings (SSSR count). The van der Waals surface area contributed by atoms with Crippen LogP contribution >= 0.6 is 0 Å². The van der Waals surface area contributed by atoms with E-state index in [1.165, 1.54) is 26.4 Å². The highest BCUT2D eigenvalue weighted by Crippen LogP contribution is 2.15. The van der Waals surface area contributed by atoms with Gasteiger partial charge in [0.05, 0.1) is 25.2 Å². The molecule has 0 saturated carbocycles. The van der Waals surface area contributed by atoms with Crippen molar-refractivity contribution in [3.05, 3.63) is 24.8 Å². The molecule has 2 aromatic rings. The van der Waals surface area contributed by atoms with E-state index in [0.29, 0.717) is 17.5 Å². The van der Waals surface area contributed by atoms with Crippen molar-refractivity contribution >= 4 is 11.7 Å². The first-order chi connectivity index (χ1) is 8.69. The number of hydrogen-bond donors (Lipinski definition) is 1. The van der Waals surface area contributed by atoms with Gasteiger partial charge in [0, 0.05) is 24.9 Å². The van der Waals surface area contributed by atoms with E-state index in [1.54, 1.807) is 12.4 Å². The standard InChI is InChI=1S/C11H11N5O2/c1-7(17)16-10-6-12-9(5-13-10)8-3-14-11(18-2)15-4-8/h3-6H,1-2H3,(H,13,16,17). The first-order valence-electron chi connectivity index (χ1n) is 5.15. The lowest BCUT2D eigenvalue weighted by Gasteiger charge is -2.03. The van der Waals surface area contributed by atoms with E-state index in [2.05, 4.69) is 25.3 Å². The predicted molar refractivity (Wildman–Crippen MR) is 63.9 cm³/mol. The molecule has 7 nitrogen and oxygen atoms in total. The highest BCUT2D eigenvalue weighted by molar-refractivity contribution is 5.87. The molecule has 18 heavy (non-hydrogen) atoms. The number of carbonyl (C=O) groups excluding carboxylic acids is 1. The van der Waals surface area contributed by atoms with Crippen molar-refractivity contribution in [1.29, 1.82) is 0 Å². The van der Waals surface area contributed by atoms with Crippen LogP contribution in [0.4, 0.5) is 5.82 Å². The molecule has 0 bridgehead atoms. The SMILES string of the molecule is COc1ncc(-c2cnc(NC(C)=O)cn2)cn1. The van der Waals surface area contributed by atoms with Crippen molar-refractivity contribution in [2.75, 3.05) is 12.4 Å². The fourth-order valence-electron chi connectivity index (χ4n) is 1.28. The maximum Gasteiger partial charge on any atom is 0.316 e. The Hall–Kier alpha value is -2.57. The summed E-state index contributed by atoms with van der Waals surface area (Å²) in [5, 5.41) is 2.54. The minimum absolute atomic E-state index is 0.190. The second-order valence-electron chi connectivity index (χ2n) is 3.43. The largest absolute Gasteiger partial charge is 0.467 e. The van der Waals surface area contributed by atoms with Gasteiger partial charge in [-0.1, -0.05) is 0 Å². The Balaban J connectivity index is 2.20. The van der Waals surface area contributed by atoms with Gasteiger partial charge in [0.2, 0.25) is 5.91 Å². The van der Waals surface area contributed by atoms with Crippen LogP contribution in [0.5, 0.6) is 6.01 Å². The molecule has 0 aromatic carbocycles. The van der Waals surface area contributed by atoms with Gasteiger partial charge >= 0.3 is 6.01 Å². The van der Waals surface area contributed by atoms with Crippen LogP contribution in [0.25, 0.3) is 11.3 Å². The third-order valence-electron chi connectivity index (χ3n) is 2.06. The average Bonchev–Trinajstić information content (AvgIpc) is 2.39. The molecule has 92 valence electrons. The summed E-state index contributed by atoms with van der Waals surface area (Å²) in [5.41, 5.74) is 1.34. The van der Waals surface area contributed by atoms with Gasteiger partial charge in [0.15, 0.2) is 5.82 Å². The molecule has 0 aliphatic heterocycles. The zero-order valence-electron chi connectivity index (χ0n) is 9.91. The van der Waals surface area contributed by atoms with Crippen LogP contribution in [-0.4, -0.2) is 33.0 Å². The lowest BCUT2D eigenvalue weighted by molar-refractivity contribution is -0.114. The number of carbonyl (C=O) groups is 1. The van der Waals surface area contributed by atoms with Gasteiger partial charge in [-0.05, 0) is 0 Å². The Morgan fingerprint density at radius 3 is 2.33 bits per heavy atom. The zero-order valence-corrected chi connectivity index (χ0v) is 9.91. The number of ether oxygens (including phenoxy) is 1. The van der Waals surface area contributed by atoms with Crippen molar-refractivity contribution in [3.63, 3.8) is 0 Å². The van der Waals surface area contributed by atoms with E-state index in [4.69, 9.17) is 4.74 Å². The van der Waals surface area contributed by atoms with Crippen LogP contribution in [0.1, 0.15) is 6.92 Å². The quantitative estimate of drug-likeness (QED) is 0.864. The highest BCUT2D eigenvalue weighted by atomic mass is 16.5. The minimum Gasteiger partial charge on any atom is -0.467 e. The van der Waals surface area contributed by atoms with Crippen LogP contribution < -0.4 is 10.1 Å². The summed E-state index contributed by atoms with van der Waals surface area (Å²) >= 11 is 0. The number of rotatable bonds is 3. The predicted octanol–water partition coefficient (Wildman–Crippen LogP) is 0.901. The molecule has 1 N–H and O–H groups in total. The Bertz CT molecular complexity index is 538. The summed E-state index contributed by atoms with van der Waals surface area (Å²) in [5.74, 6) is 0.213. The van der Waals surface area contributed by atoms with Crippen LogP contribution in [0.15, 0.2) is 24.8 Å². The summed E-state index contributed by atoms with van der Waals surface area (Å²) in [7, 11) is 1.50. The van der Waals surface area contributed by atoms with Crippen LogP contribution in [0.3, 0.4) is 0 Å². The number of anilines is 1. The number of methoxy groups -OCH3 is 1. The van der Waals surface area contributed by atoms with E-state index < -0.39 is 0 Å². The van der Waals surface area contributed by atoms with Gasteiger partial charge in [-0.15, -0.1) is 0 Å². The van der Waals surface area contributed by atoms with Gasteiger partial charge in [0.25, 0.3) is 0 Å². The van der Waals surface area contributed by atoms with E-state index >= 15 is 0 Å². The molecule has 0 saturated heterocycles. The number of nitrogens with one attached hydrogen (secondary N) is 1. The third-order valence-corrected chi connectivity index (χ3v) is 2.06. The first kappa shape index (κ1) is 11.9. The smallest absolute Gasteiger partial charge is 0.316 e. The van der Waals surface area contributed by atoms with E-state index in [0.717, 1.165) is 5.56 Å². The molecule has 7 heteroatoms. The Kier molecular flexibility index (Phi) is 3.42. The molecule has 0 radical (unpaired) electrons. The Labute approximate surface area is 103 Å². The van der Waals surface area contributed by atoms with Gasteiger partial charge in [-0.3, -0.25) is 9.78 Å². The van der Waals surface area contributed by atoms with Crippen molar-refractivity contribution in [2.24, 2.45) is 0 Å². The normalized spacial score (nSPS) is 9.89. The summed E-state index contributed by atoms with van der Waals surface area (Å²) < 4.78 is 4.86. The second kappa shape index (κ2) is 5.17. The van der Waals surface area contributed by atoms with Gasteiger partial charge in [-0.2, -0.15) is 0 Å². The maximum atomic E-state index is 10.8. The topological polar surface area (TPSA) is 89.9 Å². The minimum atomic E-state index is -0.190. The maximum absolute atomic E-state index is 10.8. The lowest BCUT2D eigenvalue weighted by atomic mass is 10.2. The summed E-state index contributed by atoms with van der Waals surface area (Å²) in [6.45, 7) is 1.41. The van der Waals surface area contributed by atoms with Gasteiger partial charge in [-0.25, -0.2) is 15.0 Å². The van der Waals surface area contributed by atoms with Gasteiger partial charge in [0.1, 0.15) is 0 Å². The molecule has 0 aliphatic carbocycles. The number of hydrogen-bond acceptors (Lipinski definition) is 6.